The molecular weight excluding hydrogens is 390 g/mol. The van der Waals surface area contributed by atoms with Gasteiger partial charge >= 0.3 is 0 Å². The van der Waals surface area contributed by atoms with Crippen molar-refractivity contribution < 1.29 is 14.6 Å². The number of rotatable bonds is 4. The normalized spacial score (nSPS) is 18.2. The molecule has 4 rings (SSSR count). The third-order valence-corrected chi connectivity index (χ3v) is 6.25. The van der Waals surface area contributed by atoms with Gasteiger partial charge in [0, 0.05) is 30.8 Å². The Labute approximate surface area is 175 Å². The van der Waals surface area contributed by atoms with Crippen molar-refractivity contribution in [1.82, 2.24) is 4.98 Å². The molecule has 2 aliphatic rings. The first-order valence-corrected chi connectivity index (χ1v) is 10.4. The van der Waals surface area contributed by atoms with Crippen LogP contribution in [0.4, 0.5) is 11.5 Å². The molecule has 0 saturated carbocycles. The van der Waals surface area contributed by atoms with Crippen molar-refractivity contribution in [2.75, 3.05) is 29.9 Å². The number of halogens is 1. The molecular formula is C22H26ClN3O3. The van der Waals surface area contributed by atoms with Gasteiger partial charge in [0.2, 0.25) is 5.91 Å². The topological polar surface area (TPSA) is 74.7 Å². The van der Waals surface area contributed by atoms with E-state index in [4.69, 9.17) is 16.3 Å². The second-order valence-electron chi connectivity index (χ2n) is 8.02. The van der Waals surface area contributed by atoms with Crippen LogP contribution < -0.4 is 15.0 Å². The molecule has 2 aromatic rings. The number of amides is 1. The van der Waals surface area contributed by atoms with E-state index in [0.29, 0.717) is 42.1 Å². The lowest BCUT2D eigenvalue weighted by Crippen LogP contribution is -2.48. The van der Waals surface area contributed by atoms with Crippen molar-refractivity contribution in [3.05, 3.63) is 46.1 Å². The third kappa shape index (κ3) is 4.19. The largest absolute Gasteiger partial charge is 0.490 e. The Hall–Kier alpha value is -2.31. The fourth-order valence-electron chi connectivity index (χ4n) is 3.86. The molecule has 1 aromatic carbocycles. The van der Waals surface area contributed by atoms with Crippen molar-refractivity contribution in [2.24, 2.45) is 0 Å². The molecule has 0 atom stereocenters. The highest BCUT2D eigenvalue weighted by Crippen LogP contribution is 2.37. The molecule has 0 spiro atoms. The van der Waals surface area contributed by atoms with Crippen LogP contribution in [-0.2, 0) is 11.2 Å². The monoisotopic (exact) mass is 415 g/mol. The number of benzene rings is 1. The second-order valence-corrected chi connectivity index (χ2v) is 8.43. The van der Waals surface area contributed by atoms with Crippen LogP contribution in [0.3, 0.4) is 0 Å². The number of aromatic nitrogens is 1. The number of carbonyl (C=O) groups excluding carboxylic acids is 1. The molecule has 0 unspecified atom stereocenters. The molecule has 7 heteroatoms. The number of aryl methyl sites for hydroxylation is 2. The SMILES string of the molecule is Cc1ccc(N2CCC(O)(COc3ccc(Cl)c4c3CCC(=O)N4)CC2)nc1C. The van der Waals surface area contributed by atoms with E-state index >= 15 is 0 Å². The minimum absolute atomic E-state index is 0.0393. The maximum Gasteiger partial charge on any atom is 0.224 e. The summed E-state index contributed by atoms with van der Waals surface area (Å²) in [5, 5.41) is 14.4. The smallest absolute Gasteiger partial charge is 0.224 e. The number of ether oxygens (including phenoxy) is 1. The van der Waals surface area contributed by atoms with E-state index in [0.717, 1.165) is 30.2 Å². The summed E-state index contributed by atoms with van der Waals surface area (Å²) in [4.78, 5) is 18.5. The third-order valence-electron chi connectivity index (χ3n) is 5.94. The van der Waals surface area contributed by atoms with Crippen molar-refractivity contribution >= 4 is 29.0 Å². The highest BCUT2D eigenvalue weighted by Gasteiger charge is 2.34. The molecule has 0 radical (unpaired) electrons. The van der Waals surface area contributed by atoms with Crippen LogP contribution in [0.15, 0.2) is 24.3 Å². The summed E-state index contributed by atoms with van der Waals surface area (Å²) in [6.07, 6.45) is 2.20. The van der Waals surface area contributed by atoms with Gasteiger partial charge in [0.25, 0.3) is 0 Å². The fraction of sp³-hybridized carbons (Fsp3) is 0.455. The standard InChI is InChI=1S/C22H26ClN3O3/c1-14-3-7-19(24-15(14)2)26-11-9-22(28,10-12-26)13-29-18-6-5-17(23)21-16(18)4-8-20(27)25-21/h3,5-7,28H,4,8-13H2,1-2H3,(H,25,27). The Morgan fingerprint density at radius 3 is 2.69 bits per heavy atom. The molecule has 29 heavy (non-hydrogen) atoms. The minimum Gasteiger partial charge on any atom is -0.490 e. The van der Waals surface area contributed by atoms with Gasteiger partial charge in [0.05, 0.1) is 10.7 Å². The molecule has 0 aliphatic carbocycles. The van der Waals surface area contributed by atoms with E-state index in [-0.39, 0.29) is 12.5 Å². The molecule has 154 valence electrons. The first-order chi connectivity index (χ1) is 13.8. The van der Waals surface area contributed by atoms with Crippen molar-refractivity contribution in [3.63, 3.8) is 0 Å². The number of fused-ring (bicyclic) bond motifs is 1. The van der Waals surface area contributed by atoms with Gasteiger partial charge < -0.3 is 20.1 Å². The average Bonchev–Trinajstić information content (AvgIpc) is 2.71. The summed E-state index contributed by atoms with van der Waals surface area (Å²) in [6.45, 7) is 5.74. The Bertz CT molecular complexity index is 939. The maximum absolute atomic E-state index is 11.7. The lowest BCUT2D eigenvalue weighted by molar-refractivity contribution is -0.116. The first kappa shape index (κ1) is 20.0. The predicted molar refractivity (Wildman–Crippen MR) is 114 cm³/mol. The van der Waals surface area contributed by atoms with E-state index < -0.39 is 5.60 Å². The number of hydrogen-bond acceptors (Lipinski definition) is 5. The molecule has 1 saturated heterocycles. The zero-order valence-electron chi connectivity index (χ0n) is 16.8. The van der Waals surface area contributed by atoms with Crippen molar-refractivity contribution in [1.29, 1.82) is 0 Å². The van der Waals surface area contributed by atoms with E-state index in [2.05, 4.69) is 28.2 Å². The molecule has 2 N–H and O–H groups in total. The average molecular weight is 416 g/mol. The summed E-state index contributed by atoms with van der Waals surface area (Å²) in [5.41, 5.74) is 2.85. The van der Waals surface area contributed by atoms with Gasteiger partial charge in [-0.25, -0.2) is 4.98 Å². The predicted octanol–water partition coefficient (Wildman–Crippen LogP) is 3.65. The Morgan fingerprint density at radius 2 is 1.97 bits per heavy atom. The lowest BCUT2D eigenvalue weighted by Gasteiger charge is -2.38. The van der Waals surface area contributed by atoms with E-state index in [1.54, 1.807) is 6.07 Å². The number of pyridine rings is 1. The van der Waals surface area contributed by atoms with Gasteiger partial charge in [-0.3, -0.25) is 4.79 Å². The Balaban J connectivity index is 1.40. The van der Waals surface area contributed by atoms with E-state index in [1.807, 2.05) is 19.1 Å². The van der Waals surface area contributed by atoms with Gasteiger partial charge in [-0.05, 0) is 56.9 Å². The Kier molecular flexibility index (Phi) is 5.40. The second kappa shape index (κ2) is 7.84. The number of nitrogens with one attached hydrogen (secondary N) is 1. The molecule has 2 aliphatic heterocycles. The number of nitrogens with zero attached hydrogens (tertiary/aromatic N) is 2. The summed E-state index contributed by atoms with van der Waals surface area (Å²) < 4.78 is 6.02. The fourth-order valence-corrected chi connectivity index (χ4v) is 4.09. The molecule has 3 heterocycles. The zero-order chi connectivity index (χ0) is 20.6. The summed E-state index contributed by atoms with van der Waals surface area (Å²) in [7, 11) is 0. The number of piperidine rings is 1. The summed E-state index contributed by atoms with van der Waals surface area (Å²) in [5.74, 6) is 1.59. The first-order valence-electron chi connectivity index (χ1n) is 10.0. The summed E-state index contributed by atoms with van der Waals surface area (Å²) in [6, 6.07) is 7.66. The van der Waals surface area contributed by atoms with Crippen LogP contribution >= 0.6 is 11.6 Å². The molecule has 1 aromatic heterocycles. The Morgan fingerprint density at radius 1 is 1.21 bits per heavy atom. The van der Waals surface area contributed by atoms with Gasteiger partial charge in [-0.1, -0.05) is 17.7 Å². The van der Waals surface area contributed by atoms with E-state index in [9.17, 15) is 9.90 Å². The quantitative estimate of drug-likeness (QED) is 0.797. The van der Waals surface area contributed by atoms with Gasteiger partial charge in [-0.15, -0.1) is 0 Å². The van der Waals surface area contributed by atoms with Gasteiger partial charge in [-0.2, -0.15) is 0 Å². The highest BCUT2D eigenvalue weighted by atomic mass is 35.5. The minimum atomic E-state index is -0.888. The number of carbonyl (C=O) groups is 1. The van der Waals surface area contributed by atoms with Crippen LogP contribution in [0.5, 0.6) is 5.75 Å². The highest BCUT2D eigenvalue weighted by molar-refractivity contribution is 6.34. The molecule has 1 amide bonds. The lowest BCUT2D eigenvalue weighted by atomic mass is 9.92. The van der Waals surface area contributed by atoms with Crippen LogP contribution in [0, 0.1) is 13.8 Å². The van der Waals surface area contributed by atoms with Crippen LogP contribution in [0.25, 0.3) is 0 Å². The van der Waals surface area contributed by atoms with E-state index in [1.165, 1.54) is 5.56 Å². The zero-order valence-corrected chi connectivity index (χ0v) is 17.6. The molecule has 1 fully saturated rings. The van der Waals surface area contributed by atoms with Crippen LogP contribution in [0.2, 0.25) is 5.02 Å². The number of hydrogen-bond donors (Lipinski definition) is 2. The summed E-state index contributed by atoms with van der Waals surface area (Å²) >= 11 is 6.22. The van der Waals surface area contributed by atoms with Gasteiger partial charge in [0.15, 0.2) is 0 Å². The van der Waals surface area contributed by atoms with Crippen LogP contribution in [0.1, 0.15) is 36.1 Å². The van der Waals surface area contributed by atoms with Crippen LogP contribution in [-0.4, -0.2) is 41.3 Å². The maximum atomic E-state index is 11.7. The van der Waals surface area contributed by atoms with Crippen molar-refractivity contribution in [3.8, 4) is 5.75 Å². The molecule has 0 bridgehead atoms. The van der Waals surface area contributed by atoms with Crippen molar-refractivity contribution in [2.45, 2.75) is 45.1 Å². The number of aliphatic hydroxyl groups is 1. The van der Waals surface area contributed by atoms with Gasteiger partial charge in [0.1, 0.15) is 23.8 Å². The molecule has 6 nitrogen and oxygen atoms in total. The number of anilines is 2.